The summed E-state index contributed by atoms with van der Waals surface area (Å²) in [5.41, 5.74) is 0. The Balaban J connectivity index is 2.17. The van der Waals surface area contributed by atoms with E-state index in [2.05, 4.69) is 0 Å². The van der Waals surface area contributed by atoms with Crippen molar-refractivity contribution in [2.45, 2.75) is 55.3 Å². The van der Waals surface area contributed by atoms with E-state index in [1.54, 1.807) is 0 Å². The Morgan fingerprint density at radius 2 is 1.27 bits per heavy atom. The maximum Gasteiger partial charge on any atom is 0.185 e. The number of hydrogen-bond donors (Lipinski definition) is 8. The fraction of sp³-hybridized carbons (Fsp3) is 1.00. The number of ether oxygens (including phenoxy) is 6. The zero-order valence-electron chi connectivity index (χ0n) is 18.2. The van der Waals surface area contributed by atoms with Crippen molar-refractivity contribution in [2.75, 3.05) is 59.5 Å². The minimum absolute atomic E-state index is 0.0180. The summed E-state index contributed by atoms with van der Waals surface area (Å²) >= 11 is 0. The predicted octanol–water partition coefficient (Wildman–Crippen LogP) is -5.10. The maximum absolute atomic E-state index is 10.8. The van der Waals surface area contributed by atoms with Gasteiger partial charge >= 0.3 is 0 Å². The van der Waals surface area contributed by atoms with E-state index in [-0.39, 0.29) is 52.9 Å². The van der Waals surface area contributed by atoms with Gasteiger partial charge in [0.05, 0.1) is 65.6 Å². The molecule has 0 radical (unpaired) electrons. The third-order valence-corrected chi connectivity index (χ3v) is 5.42. The zero-order chi connectivity index (χ0) is 24.4. The van der Waals surface area contributed by atoms with Crippen molar-refractivity contribution < 1.29 is 69.3 Å². The Morgan fingerprint density at radius 3 is 1.88 bits per heavy atom. The molecule has 33 heavy (non-hydrogen) atoms. The first-order valence-electron chi connectivity index (χ1n) is 10.8. The molecule has 2 heterocycles. The predicted molar refractivity (Wildman–Crippen MR) is 106 cm³/mol. The molecular weight excluding hydrogens is 452 g/mol. The quantitative estimate of drug-likeness (QED) is 0.107. The summed E-state index contributed by atoms with van der Waals surface area (Å²) in [6.07, 6.45) is -12.1. The third-order valence-electron chi connectivity index (χ3n) is 5.42. The van der Waals surface area contributed by atoms with E-state index < -0.39 is 67.8 Å². The molecule has 14 heteroatoms. The standard InChI is InChI=1S/C19H36O14/c20-1-4-28-8-10-13(24)12(9-29-5-2-21)32-19(14(10)25)33-16-11(7-23)31-18(27)17(15(16)26)30-6-3-22/h10-27H,1-9H2/t10-,11+,12+,13-,14+,15-,16+,17+,18+,19-/m0/s1. The van der Waals surface area contributed by atoms with Gasteiger partial charge in [-0.05, 0) is 0 Å². The molecule has 2 aliphatic rings. The molecule has 0 aliphatic carbocycles. The molecule has 8 N–H and O–H groups in total. The fourth-order valence-electron chi connectivity index (χ4n) is 3.76. The highest BCUT2D eigenvalue weighted by molar-refractivity contribution is 4.94. The van der Waals surface area contributed by atoms with Crippen LogP contribution < -0.4 is 0 Å². The average molecular weight is 488 g/mol. The SMILES string of the molecule is OCCOC[C@@H]1[C@@H](O)[C@H](O[C@H]2[C@H](O)[C@@H](OCCO)[C@H](O)O[C@@H]2CO)O[C@H](COCCO)[C@H]1O. The molecule has 14 nitrogen and oxygen atoms in total. The minimum Gasteiger partial charge on any atom is -0.394 e. The summed E-state index contributed by atoms with van der Waals surface area (Å²) in [7, 11) is 0. The van der Waals surface area contributed by atoms with Gasteiger partial charge in [0, 0.05) is 5.92 Å². The molecule has 2 aliphatic heterocycles. The fourth-order valence-corrected chi connectivity index (χ4v) is 3.76. The molecule has 196 valence electrons. The first-order valence-corrected chi connectivity index (χ1v) is 10.8. The van der Waals surface area contributed by atoms with Crippen molar-refractivity contribution in [1.82, 2.24) is 0 Å². The first-order chi connectivity index (χ1) is 15.9. The molecule has 2 fully saturated rings. The van der Waals surface area contributed by atoms with Crippen LogP contribution in [0.15, 0.2) is 0 Å². The highest BCUT2D eigenvalue weighted by Gasteiger charge is 2.51. The molecule has 0 aromatic carbocycles. The Hall–Kier alpha value is -0.560. The van der Waals surface area contributed by atoms with Crippen molar-refractivity contribution in [1.29, 1.82) is 0 Å². The van der Waals surface area contributed by atoms with Crippen LogP contribution in [0.5, 0.6) is 0 Å². The van der Waals surface area contributed by atoms with E-state index in [0.717, 1.165) is 0 Å². The van der Waals surface area contributed by atoms with Gasteiger partial charge in [-0.2, -0.15) is 0 Å². The van der Waals surface area contributed by atoms with Crippen molar-refractivity contribution in [3.8, 4) is 0 Å². The van der Waals surface area contributed by atoms with Crippen molar-refractivity contribution in [3.05, 3.63) is 0 Å². The lowest BCUT2D eigenvalue weighted by Crippen LogP contribution is -2.64. The monoisotopic (exact) mass is 488 g/mol. The Labute approximate surface area is 190 Å². The number of hydrogen-bond acceptors (Lipinski definition) is 14. The third kappa shape index (κ3) is 7.71. The summed E-state index contributed by atoms with van der Waals surface area (Å²) < 4.78 is 32.4. The lowest BCUT2D eigenvalue weighted by molar-refractivity contribution is -0.356. The Morgan fingerprint density at radius 1 is 0.636 bits per heavy atom. The van der Waals surface area contributed by atoms with E-state index in [4.69, 9.17) is 43.7 Å². The van der Waals surface area contributed by atoms with E-state index in [1.165, 1.54) is 0 Å². The normalized spacial score (nSPS) is 39.6. The Kier molecular flexibility index (Phi) is 12.8. The summed E-state index contributed by atoms with van der Waals surface area (Å²) in [6, 6.07) is 0. The molecule has 2 rings (SSSR count). The first kappa shape index (κ1) is 28.7. The summed E-state index contributed by atoms with van der Waals surface area (Å²) in [5.74, 6) is -0.931. The van der Waals surface area contributed by atoms with Crippen LogP contribution in [-0.2, 0) is 28.4 Å². The molecule has 0 saturated carbocycles. The number of aliphatic hydroxyl groups is 8. The van der Waals surface area contributed by atoms with Gasteiger partial charge < -0.3 is 69.3 Å². The minimum atomic E-state index is -1.61. The van der Waals surface area contributed by atoms with Gasteiger partial charge in [0.25, 0.3) is 0 Å². The van der Waals surface area contributed by atoms with E-state index in [9.17, 15) is 25.5 Å². The van der Waals surface area contributed by atoms with Gasteiger partial charge in [-0.15, -0.1) is 0 Å². The molecule has 0 amide bonds. The molecular formula is C19H36O14. The summed E-state index contributed by atoms with van der Waals surface area (Å²) in [4.78, 5) is 0. The average Bonchev–Trinajstić information content (AvgIpc) is 2.80. The molecule has 2 saturated heterocycles. The van der Waals surface area contributed by atoms with E-state index >= 15 is 0 Å². The van der Waals surface area contributed by atoms with Crippen LogP contribution in [0, 0.1) is 5.92 Å². The van der Waals surface area contributed by atoms with Gasteiger partial charge in [0.1, 0.15) is 36.6 Å². The van der Waals surface area contributed by atoms with E-state index in [1.807, 2.05) is 0 Å². The van der Waals surface area contributed by atoms with Crippen LogP contribution in [-0.4, -0.2) is 156 Å². The maximum atomic E-state index is 10.8. The van der Waals surface area contributed by atoms with Crippen molar-refractivity contribution >= 4 is 0 Å². The van der Waals surface area contributed by atoms with Crippen LogP contribution in [0.25, 0.3) is 0 Å². The molecule has 10 atom stereocenters. The van der Waals surface area contributed by atoms with Gasteiger partial charge in [-0.3, -0.25) is 0 Å². The second-order valence-electron chi connectivity index (χ2n) is 7.68. The van der Waals surface area contributed by atoms with Gasteiger partial charge in [-0.1, -0.05) is 0 Å². The van der Waals surface area contributed by atoms with Crippen LogP contribution in [0.4, 0.5) is 0 Å². The highest BCUT2D eigenvalue weighted by atomic mass is 16.7. The summed E-state index contributed by atoms with van der Waals surface area (Å²) in [6.45, 7) is -2.11. The second-order valence-corrected chi connectivity index (χ2v) is 7.68. The largest absolute Gasteiger partial charge is 0.394 e. The molecule has 0 spiro atoms. The smallest absolute Gasteiger partial charge is 0.185 e. The molecule has 0 aromatic rings. The number of rotatable bonds is 14. The molecule has 0 bridgehead atoms. The highest BCUT2D eigenvalue weighted by Crippen LogP contribution is 2.32. The van der Waals surface area contributed by atoms with Crippen LogP contribution in [0.3, 0.4) is 0 Å². The van der Waals surface area contributed by atoms with Crippen molar-refractivity contribution in [3.63, 3.8) is 0 Å². The van der Waals surface area contributed by atoms with Crippen molar-refractivity contribution in [2.24, 2.45) is 5.92 Å². The second kappa shape index (κ2) is 14.8. The summed E-state index contributed by atoms with van der Waals surface area (Å²) in [5, 5.41) is 78.6. The molecule has 0 aromatic heterocycles. The van der Waals surface area contributed by atoms with Crippen LogP contribution in [0.1, 0.15) is 0 Å². The van der Waals surface area contributed by atoms with Gasteiger partial charge in [-0.25, -0.2) is 0 Å². The lowest BCUT2D eigenvalue weighted by atomic mass is 9.89. The van der Waals surface area contributed by atoms with Gasteiger partial charge in [0.2, 0.25) is 0 Å². The lowest BCUT2D eigenvalue weighted by Gasteiger charge is -2.47. The zero-order valence-corrected chi connectivity index (χ0v) is 18.2. The molecule has 0 unspecified atom stereocenters. The van der Waals surface area contributed by atoms with Crippen LogP contribution in [0.2, 0.25) is 0 Å². The van der Waals surface area contributed by atoms with E-state index in [0.29, 0.717) is 0 Å². The van der Waals surface area contributed by atoms with Crippen LogP contribution >= 0.6 is 0 Å². The Bertz CT molecular complexity index is 527. The number of aliphatic hydroxyl groups excluding tert-OH is 8. The van der Waals surface area contributed by atoms with Gasteiger partial charge in [0.15, 0.2) is 12.6 Å². The topological polar surface area (TPSA) is 217 Å².